The predicted molar refractivity (Wildman–Crippen MR) is 143 cm³/mol. The number of nitrogens with zero attached hydrogens (tertiary/aromatic N) is 6. The molecule has 0 radical (unpaired) electrons. The monoisotopic (exact) mass is 514 g/mol. The number of pyridine rings is 1. The summed E-state index contributed by atoms with van der Waals surface area (Å²) in [4.78, 5) is 24.2. The summed E-state index contributed by atoms with van der Waals surface area (Å²) in [5, 5.41) is 20.5. The standard InChI is InChI=1S/C27H27ClN8O/c1-3-35-10-7-21(8-11-35)31-27(37)33-23-9-12-36-26(32-23)24(20-13-17(2)30-22(28)15-20)25(34-36)19-6-4-5-18(14-19)16-29/h4-6,9,12-15,21H,3,7-8,10-11H2,1-2H3,(H2,31,32,33,37). The Bertz CT molecular complexity index is 1480. The molecule has 1 aliphatic heterocycles. The summed E-state index contributed by atoms with van der Waals surface area (Å²) in [5.74, 6) is 0.409. The maximum Gasteiger partial charge on any atom is 0.320 e. The van der Waals surface area contributed by atoms with E-state index in [1.54, 1.807) is 35.0 Å². The molecule has 10 heteroatoms. The summed E-state index contributed by atoms with van der Waals surface area (Å²) in [6, 6.07) is 14.7. The molecule has 1 fully saturated rings. The molecule has 2 N–H and O–H groups in total. The number of nitriles is 1. The van der Waals surface area contributed by atoms with Gasteiger partial charge in [0.1, 0.15) is 16.7 Å². The van der Waals surface area contributed by atoms with Crippen molar-refractivity contribution in [1.29, 1.82) is 5.26 Å². The van der Waals surface area contributed by atoms with Crippen LogP contribution in [0.2, 0.25) is 5.15 Å². The van der Waals surface area contributed by atoms with Gasteiger partial charge in [-0.25, -0.2) is 19.3 Å². The molecule has 4 aromatic rings. The summed E-state index contributed by atoms with van der Waals surface area (Å²) in [6.45, 7) is 7.01. The molecular formula is C27H27ClN8O. The van der Waals surface area contributed by atoms with E-state index in [1.807, 2.05) is 25.1 Å². The van der Waals surface area contributed by atoms with Gasteiger partial charge < -0.3 is 10.2 Å². The Hall–Kier alpha value is -4.00. The number of amides is 2. The lowest BCUT2D eigenvalue weighted by Gasteiger charge is -2.31. The smallest absolute Gasteiger partial charge is 0.320 e. The Labute approximate surface area is 220 Å². The Morgan fingerprint density at radius 3 is 2.70 bits per heavy atom. The van der Waals surface area contributed by atoms with Gasteiger partial charge >= 0.3 is 6.03 Å². The SMILES string of the molecule is CCN1CCC(NC(=O)Nc2ccn3nc(-c4cccc(C#N)c4)c(-c4cc(C)nc(Cl)c4)c3n2)CC1. The van der Waals surface area contributed by atoms with Gasteiger partial charge in [-0.05, 0) is 62.2 Å². The zero-order valence-electron chi connectivity index (χ0n) is 20.7. The summed E-state index contributed by atoms with van der Waals surface area (Å²) >= 11 is 6.31. The number of benzene rings is 1. The highest BCUT2D eigenvalue weighted by atomic mass is 35.5. The van der Waals surface area contributed by atoms with Gasteiger partial charge in [-0.15, -0.1) is 0 Å². The van der Waals surface area contributed by atoms with Crippen molar-refractivity contribution in [2.45, 2.75) is 32.7 Å². The molecule has 0 spiro atoms. The number of piperidine rings is 1. The third-order valence-electron chi connectivity index (χ3n) is 6.57. The Morgan fingerprint density at radius 2 is 1.97 bits per heavy atom. The minimum absolute atomic E-state index is 0.137. The van der Waals surface area contributed by atoms with Crippen molar-refractivity contribution in [1.82, 2.24) is 29.8 Å². The number of rotatable bonds is 5. The number of nitrogens with one attached hydrogen (secondary N) is 2. The van der Waals surface area contributed by atoms with Gasteiger partial charge in [0.15, 0.2) is 5.65 Å². The Balaban J connectivity index is 1.51. The normalized spacial score (nSPS) is 14.4. The average Bonchev–Trinajstić information content (AvgIpc) is 3.27. The molecule has 0 saturated carbocycles. The lowest BCUT2D eigenvalue weighted by atomic mass is 10.00. The highest BCUT2D eigenvalue weighted by Crippen LogP contribution is 2.36. The fraction of sp³-hybridized carbons (Fsp3) is 0.296. The minimum Gasteiger partial charge on any atom is -0.335 e. The van der Waals surface area contributed by atoms with Gasteiger partial charge in [0.25, 0.3) is 0 Å². The molecular weight excluding hydrogens is 488 g/mol. The van der Waals surface area contributed by atoms with Crippen LogP contribution in [0.4, 0.5) is 10.6 Å². The van der Waals surface area contributed by atoms with Crippen LogP contribution < -0.4 is 10.6 Å². The molecule has 1 aromatic carbocycles. The minimum atomic E-state index is -0.280. The van der Waals surface area contributed by atoms with Crippen molar-refractivity contribution in [3.63, 3.8) is 0 Å². The Kier molecular flexibility index (Phi) is 7.04. The van der Waals surface area contributed by atoms with Crippen LogP contribution in [-0.2, 0) is 0 Å². The number of urea groups is 1. The maximum absolute atomic E-state index is 12.8. The number of likely N-dealkylation sites (tertiary alicyclic amines) is 1. The van der Waals surface area contributed by atoms with Crippen molar-refractivity contribution in [2.75, 3.05) is 25.0 Å². The van der Waals surface area contributed by atoms with Crippen LogP contribution in [0.5, 0.6) is 0 Å². The van der Waals surface area contributed by atoms with Gasteiger partial charge in [-0.1, -0.05) is 30.7 Å². The number of aromatic nitrogens is 4. The molecule has 188 valence electrons. The first kappa shape index (κ1) is 24.7. The number of hydrogen-bond acceptors (Lipinski definition) is 6. The molecule has 1 saturated heterocycles. The molecule has 3 aromatic heterocycles. The predicted octanol–water partition coefficient (Wildman–Crippen LogP) is 4.90. The van der Waals surface area contributed by atoms with E-state index >= 15 is 0 Å². The number of carbonyl (C=O) groups excluding carboxylic acids is 1. The third-order valence-corrected chi connectivity index (χ3v) is 6.77. The second-order valence-corrected chi connectivity index (χ2v) is 9.51. The van der Waals surface area contributed by atoms with Crippen molar-refractivity contribution in [3.05, 3.63) is 65.1 Å². The quantitative estimate of drug-likeness (QED) is 0.366. The summed E-state index contributed by atoms with van der Waals surface area (Å²) in [7, 11) is 0. The molecule has 37 heavy (non-hydrogen) atoms. The first-order chi connectivity index (χ1) is 17.9. The maximum atomic E-state index is 12.8. The van der Waals surface area contributed by atoms with Gasteiger partial charge in [0, 0.05) is 36.6 Å². The molecule has 0 aliphatic carbocycles. The molecule has 0 unspecified atom stereocenters. The summed E-state index contributed by atoms with van der Waals surface area (Å²) < 4.78 is 1.66. The van der Waals surface area contributed by atoms with Gasteiger partial charge in [0.05, 0.1) is 17.2 Å². The second kappa shape index (κ2) is 10.5. The molecule has 0 atom stereocenters. The van der Waals surface area contributed by atoms with E-state index in [0.29, 0.717) is 27.9 Å². The van der Waals surface area contributed by atoms with Gasteiger partial charge in [0.2, 0.25) is 0 Å². The molecule has 1 aliphatic rings. The van der Waals surface area contributed by atoms with E-state index in [2.05, 4.69) is 33.5 Å². The summed E-state index contributed by atoms with van der Waals surface area (Å²) in [5.41, 5.74) is 4.78. The van der Waals surface area contributed by atoms with Crippen molar-refractivity contribution in [3.8, 4) is 28.5 Å². The highest BCUT2D eigenvalue weighted by Gasteiger charge is 2.22. The van der Waals surface area contributed by atoms with Gasteiger partial charge in [-0.3, -0.25) is 5.32 Å². The van der Waals surface area contributed by atoms with Gasteiger partial charge in [-0.2, -0.15) is 10.4 Å². The number of carbonyl (C=O) groups is 1. The lowest BCUT2D eigenvalue weighted by molar-refractivity contribution is 0.203. The number of hydrogen-bond donors (Lipinski definition) is 2. The zero-order valence-corrected chi connectivity index (χ0v) is 21.5. The van der Waals surface area contributed by atoms with E-state index in [4.69, 9.17) is 21.7 Å². The fourth-order valence-electron chi connectivity index (χ4n) is 4.71. The van der Waals surface area contributed by atoms with Crippen LogP contribution in [0.15, 0.2) is 48.7 Å². The molecule has 0 bridgehead atoms. The van der Waals surface area contributed by atoms with Crippen LogP contribution in [-0.4, -0.2) is 56.2 Å². The van der Waals surface area contributed by atoms with E-state index in [-0.39, 0.29) is 12.1 Å². The van der Waals surface area contributed by atoms with Crippen LogP contribution >= 0.6 is 11.6 Å². The van der Waals surface area contributed by atoms with Crippen LogP contribution in [0.1, 0.15) is 31.0 Å². The van der Waals surface area contributed by atoms with Crippen molar-refractivity contribution < 1.29 is 4.79 Å². The van der Waals surface area contributed by atoms with Crippen molar-refractivity contribution in [2.24, 2.45) is 0 Å². The van der Waals surface area contributed by atoms with Crippen molar-refractivity contribution >= 4 is 29.1 Å². The largest absolute Gasteiger partial charge is 0.335 e. The van der Waals surface area contributed by atoms with E-state index in [0.717, 1.165) is 54.9 Å². The second-order valence-electron chi connectivity index (χ2n) is 9.12. The first-order valence-corrected chi connectivity index (χ1v) is 12.7. The van der Waals surface area contributed by atoms with E-state index in [1.165, 1.54) is 0 Å². The molecule has 9 nitrogen and oxygen atoms in total. The average molecular weight is 515 g/mol. The number of fused-ring (bicyclic) bond motifs is 1. The number of aryl methyl sites for hydroxylation is 1. The number of halogens is 1. The van der Waals surface area contributed by atoms with E-state index in [9.17, 15) is 10.1 Å². The highest BCUT2D eigenvalue weighted by molar-refractivity contribution is 6.29. The molecule has 4 heterocycles. The zero-order chi connectivity index (χ0) is 25.9. The fourth-order valence-corrected chi connectivity index (χ4v) is 4.96. The van der Waals surface area contributed by atoms with Crippen LogP contribution in [0.3, 0.4) is 0 Å². The van der Waals surface area contributed by atoms with Crippen LogP contribution in [0.25, 0.3) is 28.0 Å². The summed E-state index contributed by atoms with van der Waals surface area (Å²) in [6.07, 6.45) is 3.61. The first-order valence-electron chi connectivity index (χ1n) is 12.3. The lowest BCUT2D eigenvalue weighted by Crippen LogP contribution is -2.45. The Morgan fingerprint density at radius 1 is 1.16 bits per heavy atom. The number of anilines is 1. The topological polar surface area (TPSA) is 111 Å². The van der Waals surface area contributed by atoms with E-state index < -0.39 is 0 Å². The third kappa shape index (κ3) is 5.40. The molecule has 5 rings (SSSR count). The molecule has 2 amide bonds. The van der Waals surface area contributed by atoms with Crippen LogP contribution in [0, 0.1) is 18.3 Å².